The number of carbonyl (C=O) groups excluding carboxylic acids is 1. The van der Waals surface area contributed by atoms with Crippen LogP contribution in [-0.4, -0.2) is 73.8 Å². The zero-order valence-corrected chi connectivity index (χ0v) is 14.7. The molecule has 0 unspecified atom stereocenters. The van der Waals surface area contributed by atoms with E-state index in [1.165, 1.54) is 0 Å². The van der Waals surface area contributed by atoms with E-state index in [1.54, 1.807) is 0 Å². The number of halogens is 3. The number of amides is 1. The third-order valence-corrected chi connectivity index (χ3v) is 2.41. The van der Waals surface area contributed by atoms with Crippen LogP contribution in [0.15, 0.2) is 0 Å². The molecule has 0 aromatic rings. The fourth-order valence-corrected chi connectivity index (χ4v) is 1.29. The minimum atomic E-state index is -1.64. The zero-order valence-electron chi connectivity index (χ0n) is 12.4. The van der Waals surface area contributed by atoms with Crippen molar-refractivity contribution in [2.24, 2.45) is 0 Å². The molecule has 2 N–H and O–H groups in total. The van der Waals surface area contributed by atoms with Crippen molar-refractivity contribution < 1.29 is 33.6 Å². The highest BCUT2D eigenvalue weighted by Crippen LogP contribution is 2.25. The fourth-order valence-electron chi connectivity index (χ4n) is 1.13. The number of carboxylic acids is 1. The molecule has 0 radical (unpaired) electrons. The van der Waals surface area contributed by atoms with Crippen LogP contribution in [0.3, 0.4) is 0 Å². The predicted octanol–water partition coefficient (Wildman–Crippen LogP) is 1.61. The lowest BCUT2D eigenvalue weighted by Crippen LogP contribution is -2.30. The number of alkyl carbamates (subject to hydrolysis) is 1. The van der Waals surface area contributed by atoms with Crippen molar-refractivity contribution in [2.75, 3.05) is 52.8 Å². The normalized spacial score (nSPS) is 11.3. The molecule has 0 heterocycles. The van der Waals surface area contributed by atoms with E-state index in [0.29, 0.717) is 26.4 Å². The molecule has 1 amide bonds. The highest BCUT2D eigenvalue weighted by Gasteiger charge is 2.21. The van der Waals surface area contributed by atoms with Crippen molar-refractivity contribution in [3.63, 3.8) is 0 Å². The topological polar surface area (TPSA) is 103 Å². The molecule has 0 bridgehead atoms. The molecule has 11 heteroatoms. The molecular weight excluding hydrogens is 376 g/mol. The summed E-state index contributed by atoms with van der Waals surface area (Å²) < 4.78 is 18.4. The maximum Gasteiger partial charge on any atom is 0.407 e. The Balaban J connectivity index is 3.21. The monoisotopic (exact) mass is 395 g/mol. The average Bonchev–Trinajstić information content (AvgIpc) is 2.45. The molecule has 0 saturated heterocycles. The van der Waals surface area contributed by atoms with Gasteiger partial charge in [0, 0.05) is 6.54 Å². The Kier molecular flexibility index (Phi) is 13.6. The molecule has 0 aromatic carbocycles. The first-order chi connectivity index (χ1) is 10.8. The van der Waals surface area contributed by atoms with Crippen molar-refractivity contribution in [2.45, 2.75) is 10.2 Å². The number of carbonyl (C=O) groups is 2. The van der Waals surface area contributed by atoms with E-state index >= 15 is 0 Å². The molecule has 0 aromatic heterocycles. The molecule has 0 aliphatic heterocycles. The first kappa shape index (κ1) is 22.5. The number of ether oxygens (including phenoxy) is 4. The van der Waals surface area contributed by atoms with Gasteiger partial charge in [-0.3, -0.25) is 4.79 Å². The average molecular weight is 397 g/mol. The molecule has 8 nitrogen and oxygen atoms in total. The van der Waals surface area contributed by atoms with Crippen LogP contribution in [0.2, 0.25) is 0 Å². The summed E-state index contributed by atoms with van der Waals surface area (Å²) in [6, 6.07) is 0. The van der Waals surface area contributed by atoms with E-state index in [0.717, 1.165) is 0 Å². The molecule has 0 spiro atoms. The molecule has 0 fully saturated rings. The van der Waals surface area contributed by atoms with Crippen molar-refractivity contribution in [1.82, 2.24) is 5.32 Å². The Labute approximate surface area is 149 Å². The molecule has 0 atom stereocenters. The summed E-state index contributed by atoms with van der Waals surface area (Å²) >= 11 is 16.2. The minimum absolute atomic E-state index is 0.0276. The van der Waals surface area contributed by atoms with Gasteiger partial charge in [0.1, 0.15) is 6.61 Å². The van der Waals surface area contributed by atoms with Crippen LogP contribution in [0.25, 0.3) is 0 Å². The lowest BCUT2D eigenvalue weighted by molar-refractivity contribution is -0.138. The first-order valence-corrected chi connectivity index (χ1v) is 7.87. The zero-order chi connectivity index (χ0) is 17.6. The van der Waals surface area contributed by atoms with Gasteiger partial charge in [0.25, 0.3) is 0 Å². The molecule has 0 saturated carbocycles. The summed E-state index contributed by atoms with van der Waals surface area (Å²) in [7, 11) is 0. The van der Waals surface area contributed by atoms with E-state index in [-0.39, 0.29) is 32.8 Å². The van der Waals surface area contributed by atoms with Gasteiger partial charge in [-0.2, -0.15) is 0 Å². The second-order valence-electron chi connectivity index (χ2n) is 4.10. The number of hydrogen-bond acceptors (Lipinski definition) is 6. The minimum Gasteiger partial charge on any atom is -0.481 e. The van der Waals surface area contributed by atoms with Crippen LogP contribution in [0.1, 0.15) is 6.42 Å². The third-order valence-electron chi connectivity index (χ3n) is 2.09. The summed E-state index contributed by atoms with van der Waals surface area (Å²) in [4.78, 5) is 21.4. The number of hydrogen-bond donors (Lipinski definition) is 2. The molecule has 0 aliphatic rings. The molecule has 0 aliphatic carbocycles. The van der Waals surface area contributed by atoms with Crippen LogP contribution < -0.4 is 5.32 Å². The number of aliphatic carboxylic acids is 1. The van der Waals surface area contributed by atoms with E-state index in [9.17, 15) is 9.59 Å². The summed E-state index contributed by atoms with van der Waals surface area (Å²) in [5.41, 5.74) is 0. The lowest BCUT2D eigenvalue weighted by Gasteiger charge is -2.12. The second kappa shape index (κ2) is 13.9. The standard InChI is InChI=1S/C12H20Cl3NO7/c13-12(14,15)9-23-11(19)16-2-4-21-6-8-22-7-5-20-3-1-10(17)18/h1-9H2,(H,16,19)(H,17,18). The Morgan fingerprint density at radius 2 is 1.43 bits per heavy atom. The van der Waals surface area contributed by atoms with Gasteiger partial charge in [0.05, 0.1) is 46.1 Å². The Morgan fingerprint density at radius 3 is 1.96 bits per heavy atom. The van der Waals surface area contributed by atoms with E-state index in [1.807, 2.05) is 0 Å². The van der Waals surface area contributed by atoms with Crippen molar-refractivity contribution >= 4 is 46.9 Å². The third kappa shape index (κ3) is 19.4. The SMILES string of the molecule is O=C(O)CCOCCOCCOCCNC(=O)OCC(Cl)(Cl)Cl. The van der Waals surface area contributed by atoms with E-state index in [4.69, 9.17) is 54.1 Å². The molecular formula is C12H20Cl3NO7. The maximum absolute atomic E-state index is 11.2. The van der Waals surface area contributed by atoms with Crippen molar-refractivity contribution in [3.8, 4) is 0 Å². The van der Waals surface area contributed by atoms with Gasteiger partial charge < -0.3 is 29.4 Å². The summed E-state index contributed by atoms with van der Waals surface area (Å²) in [5.74, 6) is -0.899. The second-order valence-corrected chi connectivity index (χ2v) is 6.62. The Bertz CT molecular complexity index is 339. The summed E-state index contributed by atoms with van der Waals surface area (Å²) in [6.45, 7) is 1.73. The Hall–Kier alpha value is -0.510. The van der Waals surface area contributed by atoms with Gasteiger partial charge in [-0.1, -0.05) is 34.8 Å². The van der Waals surface area contributed by atoms with Gasteiger partial charge in [0.2, 0.25) is 3.79 Å². The van der Waals surface area contributed by atoms with Gasteiger partial charge in [-0.25, -0.2) is 4.79 Å². The summed E-state index contributed by atoms with van der Waals surface area (Å²) in [5, 5.41) is 10.8. The number of alkyl halides is 3. The van der Waals surface area contributed by atoms with Crippen molar-refractivity contribution in [1.29, 1.82) is 0 Å². The smallest absolute Gasteiger partial charge is 0.407 e. The van der Waals surface area contributed by atoms with Crippen molar-refractivity contribution in [3.05, 3.63) is 0 Å². The number of rotatable bonds is 13. The van der Waals surface area contributed by atoms with Gasteiger partial charge in [0.15, 0.2) is 0 Å². The van der Waals surface area contributed by atoms with Gasteiger partial charge in [-0.15, -0.1) is 0 Å². The predicted molar refractivity (Wildman–Crippen MR) is 84.4 cm³/mol. The Morgan fingerprint density at radius 1 is 0.913 bits per heavy atom. The summed E-state index contributed by atoms with van der Waals surface area (Å²) in [6.07, 6.45) is -0.727. The van der Waals surface area contributed by atoms with Crippen LogP contribution in [-0.2, 0) is 23.7 Å². The first-order valence-electron chi connectivity index (χ1n) is 6.73. The van der Waals surface area contributed by atoms with Gasteiger partial charge >= 0.3 is 12.1 Å². The van der Waals surface area contributed by atoms with E-state index < -0.39 is 15.9 Å². The lowest BCUT2D eigenvalue weighted by atomic mass is 10.5. The molecule has 136 valence electrons. The van der Waals surface area contributed by atoms with Crippen LogP contribution in [0, 0.1) is 0 Å². The maximum atomic E-state index is 11.2. The van der Waals surface area contributed by atoms with Crippen LogP contribution >= 0.6 is 34.8 Å². The van der Waals surface area contributed by atoms with E-state index in [2.05, 4.69) is 10.1 Å². The highest BCUT2D eigenvalue weighted by molar-refractivity contribution is 6.67. The van der Waals surface area contributed by atoms with Crippen LogP contribution in [0.4, 0.5) is 4.79 Å². The van der Waals surface area contributed by atoms with Gasteiger partial charge in [-0.05, 0) is 0 Å². The number of nitrogens with one attached hydrogen (secondary N) is 1. The number of carboxylic acid groups (broad SMARTS) is 1. The highest BCUT2D eigenvalue weighted by atomic mass is 35.6. The fraction of sp³-hybridized carbons (Fsp3) is 0.833. The molecule has 0 rings (SSSR count). The largest absolute Gasteiger partial charge is 0.481 e. The van der Waals surface area contributed by atoms with Crippen LogP contribution in [0.5, 0.6) is 0 Å². The molecule has 23 heavy (non-hydrogen) atoms. The quantitative estimate of drug-likeness (QED) is 0.360.